The quantitative estimate of drug-likeness (QED) is 0.834. The van der Waals surface area contributed by atoms with Gasteiger partial charge in [-0.25, -0.2) is 0 Å². The Kier molecular flexibility index (Phi) is 3.78. The average molecular weight is 241 g/mol. The SMILES string of the molecule is CCC(C)C(N)C(=O)c1cccc2ccccc12. The maximum Gasteiger partial charge on any atom is 0.180 e. The molecule has 0 radical (unpaired) electrons. The standard InChI is InChI=1S/C16H19NO/c1-3-11(2)15(17)16(18)14-10-6-8-12-7-4-5-9-13(12)14/h4-11,15H,3,17H2,1-2H3. The maximum atomic E-state index is 12.4. The van der Waals surface area contributed by atoms with Crippen LogP contribution in [-0.2, 0) is 0 Å². The third kappa shape index (κ3) is 2.29. The van der Waals surface area contributed by atoms with Crippen LogP contribution in [-0.4, -0.2) is 11.8 Å². The average Bonchev–Trinajstić information content (AvgIpc) is 2.44. The van der Waals surface area contributed by atoms with Crippen molar-refractivity contribution in [2.24, 2.45) is 11.7 Å². The van der Waals surface area contributed by atoms with Crippen molar-refractivity contribution >= 4 is 16.6 Å². The molecular weight excluding hydrogens is 222 g/mol. The number of benzene rings is 2. The van der Waals surface area contributed by atoms with E-state index in [-0.39, 0.29) is 11.7 Å². The van der Waals surface area contributed by atoms with Gasteiger partial charge >= 0.3 is 0 Å². The number of rotatable bonds is 4. The van der Waals surface area contributed by atoms with Crippen molar-refractivity contribution in [2.45, 2.75) is 26.3 Å². The van der Waals surface area contributed by atoms with E-state index in [1.54, 1.807) is 0 Å². The summed E-state index contributed by atoms with van der Waals surface area (Å²) >= 11 is 0. The molecule has 0 saturated carbocycles. The van der Waals surface area contributed by atoms with Crippen molar-refractivity contribution < 1.29 is 4.79 Å². The van der Waals surface area contributed by atoms with Crippen LogP contribution in [0.4, 0.5) is 0 Å². The molecule has 2 aromatic rings. The van der Waals surface area contributed by atoms with Crippen LogP contribution in [0, 0.1) is 5.92 Å². The van der Waals surface area contributed by atoms with E-state index < -0.39 is 6.04 Å². The van der Waals surface area contributed by atoms with Gasteiger partial charge in [-0.2, -0.15) is 0 Å². The van der Waals surface area contributed by atoms with Crippen molar-refractivity contribution in [2.75, 3.05) is 0 Å². The Hall–Kier alpha value is -1.67. The van der Waals surface area contributed by atoms with Crippen LogP contribution in [0.2, 0.25) is 0 Å². The highest BCUT2D eigenvalue weighted by Gasteiger charge is 2.22. The lowest BCUT2D eigenvalue weighted by molar-refractivity contribution is 0.0936. The molecule has 0 aromatic heterocycles. The van der Waals surface area contributed by atoms with E-state index in [1.165, 1.54) is 0 Å². The molecule has 0 amide bonds. The van der Waals surface area contributed by atoms with Gasteiger partial charge < -0.3 is 5.73 Å². The lowest BCUT2D eigenvalue weighted by Gasteiger charge is -2.17. The normalized spacial score (nSPS) is 14.4. The molecule has 0 aliphatic rings. The van der Waals surface area contributed by atoms with Crippen LogP contribution in [0.1, 0.15) is 30.6 Å². The van der Waals surface area contributed by atoms with Gasteiger partial charge in [0.05, 0.1) is 6.04 Å². The molecule has 2 atom stereocenters. The summed E-state index contributed by atoms with van der Waals surface area (Å²) in [7, 11) is 0. The number of carbonyl (C=O) groups is 1. The molecule has 2 rings (SSSR count). The maximum absolute atomic E-state index is 12.4. The first-order valence-electron chi connectivity index (χ1n) is 6.42. The van der Waals surface area contributed by atoms with Gasteiger partial charge in [-0.05, 0) is 16.7 Å². The first kappa shape index (κ1) is 12.8. The molecule has 2 nitrogen and oxygen atoms in total. The zero-order valence-electron chi connectivity index (χ0n) is 10.9. The fraction of sp³-hybridized carbons (Fsp3) is 0.312. The molecule has 2 unspecified atom stereocenters. The molecule has 0 aliphatic carbocycles. The molecule has 0 saturated heterocycles. The summed E-state index contributed by atoms with van der Waals surface area (Å²) in [5.41, 5.74) is 6.78. The van der Waals surface area contributed by atoms with E-state index in [2.05, 4.69) is 6.92 Å². The minimum atomic E-state index is -0.416. The number of nitrogens with two attached hydrogens (primary N) is 1. The topological polar surface area (TPSA) is 43.1 Å². The van der Waals surface area contributed by atoms with Crippen LogP contribution < -0.4 is 5.73 Å². The summed E-state index contributed by atoms with van der Waals surface area (Å²) in [5, 5.41) is 2.07. The smallest absolute Gasteiger partial charge is 0.180 e. The predicted octanol–water partition coefficient (Wildman–Crippen LogP) is 3.40. The van der Waals surface area contributed by atoms with Crippen LogP contribution in [0.15, 0.2) is 42.5 Å². The van der Waals surface area contributed by atoms with E-state index in [0.29, 0.717) is 0 Å². The highest BCUT2D eigenvalue weighted by atomic mass is 16.1. The molecular formula is C16H19NO. The summed E-state index contributed by atoms with van der Waals surface area (Å²) < 4.78 is 0. The van der Waals surface area contributed by atoms with Crippen molar-refractivity contribution in [1.29, 1.82) is 0 Å². The Bertz CT molecular complexity index is 557. The number of hydrogen-bond acceptors (Lipinski definition) is 2. The Morgan fingerprint density at radius 2 is 1.83 bits per heavy atom. The zero-order chi connectivity index (χ0) is 13.1. The molecule has 94 valence electrons. The summed E-state index contributed by atoms with van der Waals surface area (Å²) in [4.78, 5) is 12.4. The molecule has 0 heterocycles. The summed E-state index contributed by atoms with van der Waals surface area (Å²) in [6, 6.07) is 13.3. The van der Waals surface area contributed by atoms with Crippen LogP contribution in [0.3, 0.4) is 0 Å². The van der Waals surface area contributed by atoms with Crippen LogP contribution >= 0.6 is 0 Å². The van der Waals surface area contributed by atoms with Crippen molar-refractivity contribution in [1.82, 2.24) is 0 Å². The van der Waals surface area contributed by atoms with E-state index >= 15 is 0 Å². The fourth-order valence-electron chi connectivity index (χ4n) is 2.13. The summed E-state index contributed by atoms with van der Waals surface area (Å²) in [6.45, 7) is 4.08. The van der Waals surface area contributed by atoms with E-state index in [9.17, 15) is 4.79 Å². The molecule has 2 N–H and O–H groups in total. The predicted molar refractivity (Wildman–Crippen MR) is 75.7 cm³/mol. The Labute approximate surface area is 108 Å². The van der Waals surface area contributed by atoms with Crippen molar-refractivity contribution in [3.05, 3.63) is 48.0 Å². The molecule has 0 fully saturated rings. The first-order chi connectivity index (χ1) is 8.65. The van der Waals surface area contributed by atoms with Gasteiger partial charge in [-0.1, -0.05) is 62.7 Å². The van der Waals surface area contributed by atoms with Gasteiger partial charge in [0.1, 0.15) is 0 Å². The van der Waals surface area contributed by atoms with Crippen LogP contribution in [0.5, 0.6) is 0 Å². The molecule has 0 aliphatic heterocycles. The van der Waals surface area contributed by atoms with Gasteiger partial charge in [-0.3, -0.25) is 4.79 Å². The van der Waals surface area contributed by atoms with E-state index in [0.717, 1.165) is 22.8 Å². The van der Waals surface area contributed by atoms with Gasteiger partial charge in [-0.15, -0.1) is 0 Å². The number of fused-ring (bicyclic) bond motifs is 1. The number of hydrogen-bond donors (Lipinski definition) is 1. The largest absolute Gasteiger partial charge is 0.321 e. The Balaban J connectivity index is 2.45. The summed E-state index contributed by atoms with van der Waals surface area (Å²) in [5.74, 6) is 0.248. The first-order valence-corrected chi connectivity index (χ1v) is 6.42. The van der Waals surface area contributed by atoms with E-state index in [4.69, 9.17) is 5.73 Å². The van der Waals surface area contributed by atoms with Crippen molar-refractivity contribution in [3.8, 4) is 0 Å². The molecule has 2 heteroatoms. The highest BCUT2D eigenvalue weighted by Crippen LogP contribution is 2.21. The second kappa shape index (κ2) is 5.32. The fourth-order valence-corrected chi connectivity index (χ4v) is 2.13. The lowest BCUT2D eigenvalue weighted by atomic mass is 9.90. The lowest BCUT2D eigenvalue weighted by Crippen LogP contribution is -2.36. The number of ketones is 1. The third-order valence-corrected chi connectivity index (χ3v) is 3.61. The van der Waals surface area contributed by atoms with Crippen molar-refractivity contribution in [3.63, 3.8) is 0 Å². The third-order valence-electron chi connectivity index (χ3n) is 3.61. The molecule has 0 bridgehead atoms. The van der Waals surface area contributed by atoms with Gasteiger partial charge in [0.15, 0.2) is 5.78 Å². The Morgan fingerprint density at radius 1 is 1.17 bits per heavy atom. The molecule has 0 spiro atoms. The minimum absolute atomic E-state index is 0.0427. The van der Waals surface area contributed by atoms with Gasteiger partial charge in [0, 0.05) is 5.56 Å². The second-order valence-corrected chi connectivity index (χ2v) is 4.80. The second-order valence-electron chi connectivity index (χ2n) is 4.80. The summed E-state index contributed by atoms with van der Waals surface area (Å²) in [6.07, 6.45) is 0.914. The molecule has 2 aromatic carbocycles. The van der Waals surface area contributed by atoms with Crippen LogP contribution in [0.25, 0.3) is 10.8 Å². The number of Topliss-reactive ketones (excluding diaryl/α,β-unsaturated/α-hetero) is 1. The van der Waals surface area contributed by atoms with Gasteiger partial charge in [0.25, 0.3) is 0 Å². The minimum Gasteiger partial charge on any atom is -0.321 e. The van der Waals surface area contributed by atoms with E-state index in [1.807, 2.05) is 49.4 Å². The number of carbonyl (C=O) groups excluding carboxylic acids is 1. The molecule has 18 heavy (non-hydrogen) atoms. The highest BCUT2D eigenvalue weighted by molar-refractivity contribution is 6.10. The zero-order valence-corrected chi connectivity index (χ0v) is 10.9. The Morgan fingerprint density at radius 3 is 2.56 bits per heavy atom. The monoisotopic (exact) mass is 241 g/mol. The van der Waals surface area contributed by atoms with Gasteiger partial charge in [0.2, 0.25) is 0 Å².